The van der Waals surface area contributed by atoms with Gasteiger partial charge in [-0.1, -0.05) is 12.1 Å². The largest absolute Gasteiger partial charge is 0.440 e. The predicted molar refractivity (Wildman–Crippen MR) is 156 cm³/mol. The van der Waals surface area contributed by atoms with E-state index in [2.05, 4.69) is 14.8 Å². The van der Waals surface area contributed by atoms with E-state index in [1.807, 2.05) is 0 Å². The van der Waals surface area contributed by atoms with E-state index >= 15 is 4.39 Å². The quantitative estimate of drug-likeness (QED) is 0.166. The van der Waals surface area contributed by atoms with Crippen molar-refractivity contribution in [2.24, 2.45) is 7.05 Å². The predicted octanol–water partition coefficient (Wildman–Crippen LogP) is 6.24. The highest BCUT2D eigenvalue weighted by Gasteiger charge is 2.35. The van der Waals surface area contributed by atoms with Crippen LogP contribution in [-0.2, 0) is 29.4 Å². The summed E-state index contributed by atoms with van der Waals surface area (Å²) in [6.07, 6.45) is 0.849. The summed E-state index contributed by atoms with van der Waals surface area (Å²) >= 11 is 0. The van der Waals surface area contributed by atoms with Crippen LogP contribution in [0.4, 0.5) is 26.3 Å². The van der Waals surface area contributed by atoms with Crippen molar-refractivity contribution in [1.82, 2.24) is 14.8 Å². The lowest BCUT2D eigenvalue weighted by atomic mass is 9.93. The Kier molecular flexibility index (Phi) is 8.96. The minimum absolute atomic E-state index is 0.00473. The highest BCUT2D eigenvalue weighted by Crippen LogP contribution is 2.43. The molecule has 2 N–H and O–H groups in total. The van der Waals surface area contributed by atoms with Gasteiger partial charge in [0.25, 0.3) is 0 Å². The Balaban J connectivity index is 1.78. The topological polar surface area (TPSA) is 128 Å². The number of rotatable bonds is 10. The lowest BCUT2D eigenvalue weighted by Crippen LogP contribution is -2.19. The zero-order valence-corrected chi connectivity index (χ0v) is 25.5. The second kappa shape index (κ2) is 12.5. The first-order valence-electron chi connectivity index (χ1n) is 13.6. The maximum Gasteiger partial charge on any atom is 0.387 e. The summed E-state index contributed by atoms with van der Waals surface area (Å²) in [7, 11) is -2.64. The molecule has 5 rings (SSSR count). The van der Waals surface area contributed by atoms with Crippen LogP contribution in [0.3, 0.4) is 0 Å². The number of aryl methyl sites for hydroxylation is 2. The molecule has 47 heavy (non-hydrogen) atoms. The Labute approximate surface area is 263 Å². The van der Waals surface area contributed by atoms with Crippen molar-refractivity contribution in [3.8, 4) is 50.7 Å². The molecule has 16 heteroatoms. The number of oxazole rings is 1. The molecule has 0 bridgehead atoms. The van der Waals surface area contributed by atoms with Crippen molar-refractivity contribution in [2.75, 3.05) is 12.9 Å². The van der Waals surface area contributed by atoms with E-state index in [9.17, 15) is 40.6 Å². The van der Waals surface area contributed by atoms with Crippen LogP contribution in [0.5, 0.6) is 5.75 Å². The molecule has 0 aliphatic rings. The fourth-order valence-corrected chi connectivity index (χ4v) is 5.97. The van der Waals surface area contributed by atoms with Gasteiger partial charge in [-0.3, -0.25) is 4.68 Å². The molecule has 0 amide bonds. The van der Waals surface area contributed by atoms with E-state index in [-0.39, 0.29) is 50.9 Å². The van der Waals surface area contributed by atoms with E-state index < -0.39 is 69.1 Å². The molecule has 5 aromatic rings. The third-order valence-corrected chi connectivity index (χ3v) is 8.36. The molecule has 0 radical (unpaired) electrons. The van der Waals surface area contributed by atoms with Crippen LogP contribution in [-0.4, -0.2) is 52.9 Å². The first-order valence-corrected chi connectivity index (χ1v) is 15.5. The lowest BCUT2D eigenvalue weighted by molar-refractivity contribution is -0.0596. The zero-order valence-electron chi connectivity index (χ0n) is 24.7. The van der Waals surface area contributed by atoms with Crippen LogP contribution < -0.4 is 4.74 Å². The van der Waals surface area contributed by atoms with E-state index in [0.29, 0.717) is 0 Å². The Bertz CT molecular complexity index is 2100. The standard InChI is InChI=1S/C31H25F6N3O6S/c1-15-38-28(17-5-7-25(23(33)9-17)46-30(34)35)29(45-15)20-8-16(18-10-22(32)21(13-41)26(11-18)47(3,43)44)4-6-19(20)24-12-27(39-40(24)2)31(36,37)14-42/h4-12,30,41-42H,13-14H2,1-3H3. The van der Waals surface area contributed by atoms with Gasteiger partial charge in [0, 0.05) is 42.5 Å². The SMILES string of the molecule is Cc1nc(-c2ccc(OC(F)F)c(F)c2)c(-c2cc(-c3cc(F)c(CO)c(S(C)(=O)=O)c3)ccc2-c2cc(C(F)(F)CO)nn2C)o1. The molecule has 3 aromatic carbocycles. The van der Waals surface area contributed by atoms with Crippen molar-refractivity contribution in [2.45, 2.75) is 31.0 Å². The number of alkyl halides is 4. The maximum absolute atomic E-state index is 15.1. The van der Waals surface area contributed by atoms with Gasteiger partial charge in [0.2, 0.25) is 0 Å². The number of ether oxygens (including phenoxy) is 1. The molecule has 0 aliphatic carbocycles. The average molecular weight is 682 g/mol. The van der Waals surface area contributed by atoms with Crippen LogP contribution in [0.2, 0.25) is 0 Å². The summed E-state index contributed by atoms with van der Waals surface area (Å²) in [5.74, 6) is -6.55. The van der Waals surface area contributed by atoms with Gasteiger partial charge in [-0.15, -0.1) is 0 Å². The number of benzene rings is 3. The van der Waals surface area contributed by atoms with Crippen LogP contribution in [0.1, 0.15) is 17.1 Å². The highest BCUT2D eigenvalue weighted by molar-refractivity contribution is 7.90. The van der Waals surface area contributed by atoms with Gasteiger partial charge >= 0.3 is 12.5 Å². The molecule has 2 aromatic heterocycles. The Morgan fingerprint density at radius 1 is 0.957 bits per heavy atom. The second-order valence-electron chi connectivity index (χ2n) is 10.5. The van der Waals surface area contributed by atoms with E-state index in [4.69, 9.17) is 4.42 Å². The lowest BCUT2D eigenvalue weighted by Gasteiger charge is -2.14. The number of hydrogen-bond donors (Lipinski definition) is 2. The Hall–Kier alpha value is -4.67. The van der Waals surface area contributed by atoms with E-state index in [1.165, 1.54) is 38.2 Å². The van der Waals surface area contributed by atoms with Gasteiger partial charge in [-0.25, -0.2) is 22.2 Å². The third kappa shape index (κ3) is 6.61. The number of halogens is 6. The summed E-state index contributed by atoms with van der Waals surface area (Å²) < 4.78 is 120. The van der Waals surface area contributed by atoms with Gasteiger partial charge in [0.05, 0.1) is 17.2 Å². The van der Waals surface area contributed by atoms with Crippen LogP contribution in [0, 0.1) is 18.6 Å². The highest BCUT2D eigenvalue weighted by atomic mass is 32.2. The van der Waals surface area contributed by atoms with Crippen molar-refractivity contribution in [3.63, 3.8) is 0 Å². The van der Waals surface area contributed by atoms with Gasteiger partial charge in [0.15, 0.2) is 33.1 Å². The molecule has 9 nitrogen and oxygen atoms in total. The van der Waals surface area contributed by atoms with Crippen molar-refractivity contribution in [3.05, 3.63) is 83.4 Å². The molecular formula is C31H25F6N3O6S. The third-order valence-electron chi connectivity index (χ3n) is 7.19. The van der Waals surface area contributed by atoms with Crippen molar-refractivity contribution >= 4 is 9.84 Å². The van der Waals surface area contributed by atoms with Crippen molar-refractivity contribution in [1.29, 1.82) is 0 Å². The Morgan fingerprint density at radius 2 is 1.64 bits per heavy atom. The smallest absolute Gasteiger partial charge is 0.387 e. The van der Waals surface area contributed by atoms with Gasteiger partial charge < -0.3 is 19.4 Å². The minimum atomic E-state index is -4.01. The molecule has 0 atom stereocenters. The first-order chi connectivity index (χ1) is 22.0. The monoisotopic (exact) mass is 681 g/mol. The zero-order chi connectivity index (χ0) is 34.4. The molecule has 0 aliphatic heterocycles. The van der Waals surface area contributed by atoms with Crippen LogP contribution >= 0.6 is 0 Å². The molecule has 0 spiro atoms. The number of aliphatic hydroxyl groups is 2. The number of hydrogen-bond acceptors (Lipinski definition) is 8. The molecular weight excluding hydrogens is 656 g/mol. The molecule has 0 unspecified atom stereocenters. The number of sulfone groups is 1. The summed E-state index contributed by atoms with van der Waals surface area (Å²) in [5.41, 5.74) is -0.425. The van der Waals surface area contributed by atoms with E-state index in [1.54, 1.807) is 0 Å². The fourth-order valence-electron chi connectivity index (χ4n) is 5.02. The number of nitrogens with zero attached hydrogens (tertiary/aromatic N) is 3. The Morgan fingerprint density at radius 3 is 2.26 bits per heavy atom. The molecule has 0 saturated carbocycles. The second-order valence-corrected chi connectivity index (χ2v) is 12.4. The molecule has 2 heterocycles. The molecule has 0 saturated heterocycles. The van der Waals surface area contributed by atoms with Gasteiger partial charge in [-0.05, 0) is 53.6 Å². The van der Waals surface area contributed by atoms with Crippen molar-refractivity contribution < 1.29 is 54.1 Å². The normalized spacial score (nSPS) is 12.3. The van der Waals surface area contributed by atoms with E-state index in [0.717, 1.165) is 41.3 Å². The summed E-state index contributed by atoms with van der Waals surface area (Å²) in [6, 6.07) is 10.6. The minimum Gasteiger partial charge on any atom is -0.440 e. The summed E-state index contributed by atoms with van der Waals surface area (Å²) in [4.78, 5) is 3.87. The van der Waals surface area contributed by atoms with Gasteiger partial charge in [-0.2, -0.15) is 22.7 Å². The molecule has 0 fully saturated rings. The number of aromatic nitrogens is 3. The maximum atomic E-state index is 15.1. The summed E-state index contributed by atoms with van der Waals surface area (Å²) in [5, 5.41) is 22.7. The van der Waals surface area contributed by atoms with Gasteiger partial charge in [0.1, 0.15) is 23.8 Å². The van der Waals surface area contributed by atoms with Crippen LogP contribution in [0.15, 0.2) is 63.9 Å². The first kappa shape index (κ1) is 33.7. The fraction of sp³-hybridized carbons (Fsp3) is 0.226. The molecule has 248 valence electrons. The van der Waals surface area contributed by atoms with Crippen LogP contribution in [0.25, 0.3) is 45.0 Å². The number of aliphatic hydroxyl groups excluding tert-OH is 2. The summed E-state index contributed by atoms with van der Waals surface area (Å²) in [6.45, 7) is -4.23. The average Bonchev–Trinajstić information content (AvgIpc) is 3.59.